The van der Waals surface area contributed by atoms with Crippen LogP contribution in [0, 0.1) is 0 Å². The van der Waals surface area contributed by atoms with E-state index in [9.17, 15) is 5.11 Å². The second-order valence-corrected chi connectivity index (χ2v) is 3.59. The molecule has 80 valence electrons. The van der Waals surface area contributed by atoms with Gasteiger partial charge in [-0.3, -0.25) is 4.40 Å². The molecule has 0 saturated heterocycles. The van der Waals surface area contributed by atoms with E-state index in [4.69, 9.17) is 16.0 Å². The van der Waals surface area contributed by atoms with Crippen molar-refractivity contribution in [3.63, 3.8) is 0 Å². The van der Waals surface area contributed by atoms with Crippen molar-refractivity contribution in [1.29, 1.82) is 0 Å². The summed E-state index contributed by atoms with van der Waals surface area (Å²) in [6.07, 6.45) is 1.74. The molecule has 0 amide bonds. The lowest BCUT2D eigenvalue weighted by Gasteiger charge is -1.96. The Hall–Kier alpha value is -2.01. The van der Waals surface area contributed by atoms with Crippen molar-refractivity contribution in [3.05, 3.63) is 35.7 Å². The normalized spacial score (nSPS) is 11.1. The Morgan fingerprint density at radius 1 is 1.25 bits per heavy atom. The number of furan rings is 1. The van der Waals surface area contributed by atoms with Gasteiger partial charge in [-0.1, -0.05) is 0 Å². The fourth-order valence-electron chi connectivity index (χ4n) is 1.50. The van der Waals surface area contributed by atoms with E-state index in [0.717, 1.165) is 0 Å². The smallest absolute Gasteiger partial charge is 0.204 e. The van der Waals surface area contributed by atoms with Crippen LogP contribution in [0.15, 0.2) is 34.9 Å². The van der Waals surface area contributed by atoms with Crippen LogP contribution in [0.2, 0.25) is 5.22 Å². The molecule has 0 aliphatic heterocycles. The molecule has 0 atom stereocenters. The Morgan fingerprint density at radius 2 is 2.12 bits per heavy atom. The Morgan fingerprint density at radius 3 is 2.88 bits per heavy atom. The summed E-state index contributed by atoms with van der Waals surface area (Å²) in [6.45, 7) is 0. The average Bonchev–Trinajstić information content (AvgIpc) is 2.84. The largest absolute Gasteiger partial charge is 0.504 e. The lowest BCUT2D eigenvalue weighted by molar-refractivity contribution is 0.477. The number of hydrogen-bond acceptors (Lipinski definition) is 4. The molecule has 3 aromatic rings. The Balaban J connectivity index is 2.29. The van der Waals surface area contributed by atoms with Crippen LogP contribution < -0.4 is 0 Å². The van der Waals surface area contributed by atoms with E-state index in [1.54, 1.807) is 34.9 Å². The number of rotatable bonds is 1. The molecular weight excluding hydrogens is 230 g/mol. The number of aromatic hydroxyl groups is 1. The van der Waals surface area contributed by atoms with E-state index in [2.05, 4.69) is 10.2 Å². The number of halogens is 1. The molecule has 16 heavy (non-hydrogen) atoms. The molecular formula is C10H6ClN3O2. The second-order valence-electron chi connectivity index (χ2n) is 3.21. The van der Waals surface area contributed by atoms with Crippen molar-refractivity contribution in [1.82, 2.24) is 14.6 Å². The van der Waals surface area contributed by atoms with Crippen molar-refractivity contribution in [2.45, 2.75) is 0 Å². The van der Waals surface area contributed by atoms with Gasteiger partial charge in [0, 0.05) is 6.20 Å². The zero-order valence-electron chi connectivity index (χ0n) is 7.96. The van der Waals surface area contributed by atoms with Gasteiger partial charge in [0.05, 0.1) is 0 Å². The average molecular weight is 236 g/mol. The van der Waals surface area contributed by atoms with Gasteiger partial charge >= 0.3 is 0 Å². The molecule has 3 aromatic heterocycles. The summed E-state index contributed by atoms with van der Waals surface area (Å²) in [7, 11) is 0. The van der Waals surface area contributed by atoms with Gasteiger partial charge in [-0.25, -0.2) is 0 Å². The van der Waals surface area contributed by atoms with Crippen LogP contribution in [0.1, 0.15) is 0 Å². The number of hydrogen-bond donors (Lipinski definition) is 1. The highest BCUT2D eigenvalue weighted by atomic mass is 35.5. The van der Waals surface area contributed by atoms with Gasteiger partial charge in [-0.15, -0.1) is 10.2 Å². The first-order valence-electron chi connectivity index (χ1n) is 4.54. The van der Waals surface area contributed by atoms with Crippen molar-refractivity contribution in [3.8, 4) is 17.3 Å². The van der Waals surface area contributed by atoms with E-state index >= 15 is 0 Å². The molecule has 0 unspecified atom stereocenters. The van der Waals surface area contributed by atoms with Crippen molar-refractivity contribution in [2.24, 2.45) is 0 Å². The van der Waals surface area contributed by atoms with Gasteiger partial charge in [-0.05, 0) is 35.9 Å². The molecule has 0 aliphatic rings. The predicted octanol–water partition coefficient (Wildman–Crippen LogP) is 2.35. The van der Waals surface area contributed by atoms with Crippen molar-refractivity contribution in [2.75, 3.05) is 0 Å². The first kappa shape index (κ1) is 9.23. The van der Waals surface area contributed by atoms with Crippen LogP contribution in [0.3, 0.4) is 0 Å². The summed E-state index contributed by atoms with van der Waals surface area (Å²) in [5.74, 6) is 1.07. The number of aromatic nitrogens is 3. The molecule has 3 heterocycles. The fourth-order valence-corrected chi connectivity index (χ4v) is 1.65. The van der Waals surface area contributed by atoms with Crippen molar-refractivity contribution >= 4 is 17.2 Å². The standard InChI is InChI=1S/C10H6ClN3O2/c11-8-4-3-7(16-8)10-13-12-9-6(15)2-1-5-14(9)10/h1-5,15H. The van der Waals surface area contributed by atoms with E-state index in [1.807, 2.05) is 0 Å². The predicted molar refractivity (Wildman–Crippen MR) is 57.4 cm³/mol. The second kappa shape index (κ2) is 3.24. The monoisotopic (exact) mass is 235 g/mol. The molecule has 0 aromatic carbocycles. The van der Waals surface area contributed by atoms with Crippen LogP contribution in [0.4, 0.5) is 0 Å². The molecule has 3 rings (SSSR count). The minimum Gasteiger partial charge on any atom is -0.504 e. The van der Waals surface area contributed by atoms with Gasteiger partial charge in [0.25, 0.3) is 0 Å². The zero-order chi connectivity index (χ0) is 11.1. The highest BCUT2D eigenvalue weighted by molar-refractivity contribution is 6.28. The Labute approximate surface area is 94.9 Å². The number of nitrogens with zero attached hydrogens (tertiary/aromatic N) is 3. The molecule has 0 bridgehead atoms. The fraction of sp³-hybridized carbons (Fsp3) is 0. The summed E-state index contributed by atoms with van der Waals surface area (Å²) in [5.41, 5.74) is 0.380. The zero-order valence-corrected chi connectivity index (χ0v) is 8.72. The lowest BCUT2D eigenvalue weighted by Crippen LogP contribution is -1.87. The summed E-state index contributed by atoms with van der Waals surface area (Å²) in [6, 6.07) is 6.56. The van der Waals surface area contributed by atoms with Gasteiger partial charge in [0.15, 0.2) is 16.7 Å². The molecule has 0 radical (unpaired) electrons. The van der Waals surface area contributed by atoms with Gasteiger partial charge in [0.1, 0.15) is 0 Å². The number of fused-ring (bicyclic) bond motifs is 1. The maximum Gasteiger partial charge on any atom is 0.204 e. The van der Waals surface area contributed by atoms with Crippen LogP contribution in [0.25, 0.3) is 17.2 Å². The minimum absolute atomic E-state index is 0.0684. The SMILES string of the molecule is Oc1cccn2c(-c3ccc(Cl)o3)nnc12. The first-order chi connectivity index (χ1) is 7.75. The molecule has 0 spiro atoms. The summed E-state index contributed by atoms with van der Waals surface area (Å²) in [5, 5.41) is 17.6. The van der Waals surface area contributed by atoms with Gasteiger partial charge in [0.2, 0.25) is 11.5 Å². The summed E-state index contributed by atoms with van der Waals surface area (Å²) < 4.78 is 6.87. The third kappa shape index (κ3) is 1.25. The maximum absolute atomic E-state index is 9.56. The molecule has 0 aliphatic carbocycles. The van der Waals surface area contributed by atoms with Crippen LogP contribution in [-0.2, 0) is 0 Å². The van der Waals surface area contributed by atoms with Crippen LogP contribution in [-0.4, -0.2) is 19.7 Å². The third-order valence-corrected chi connectivity index (χ3v) is 2.41. The van der Waals surface area contributed by atoms with E-state index in [0.29, 0.717) is 17.2 Å². The summed E-state index contributed by atoms with van der Waals surface area (Å²) >= 11 is 5.69. The number of pyridine rings is 1. The molecule has 6 heteroatoms. The van der Waals surface area contributed by atoms with Crippen molar-refractivity contribution < 1.29 is 9.52 Å². The van der Waals surface area contributed by atoms with Crippen LogP contribution in [0.5, 0.6) is 5.75 Å². The Bertz CT molecular complexity index is 659. The van der Waals surface area contributed by atoms with E-state index < -0.39 is 0 Å². The lowest BCUT2D eigenvalue weighted by atomic mass is 10.4. The van der Waals surface area contributed by atoms with E-state index in [1.165, 1.54) is 0 Å². The minimum atomic E-state index is 0.0684. The molecule has 5 nitrogen and oxygen atoms in total. The molecule has 0 saturated carbocycles. The van der Waals surface area contributed by atoms with E-state index in [-0.39, 0.29) is 11.0 Å². The maximum atomic E-state index is 9.56. The highest BCUT2D eigenvalue weighted by Gasteiger charge is 2.13. The Kier molecular flexibility index (Phi) is 1.87. The highest BCUT2D eigenvalue weighted by Crippen LogP contribution is 2.25. The van der Waals surface area contributed by atoms with Crippen LogP contribution >= 0.6 is 11.6 Å². The molecule has 0 fully saturated rings. The summed E-state index contributed by atoms with van der Waals surface area (Å²) in [4.78, 5) is 0. The van der Waals surface area contributed by atoms with Gasteiger partial charge in [-0.2, -0.15) is 0 Å². The first-order valence-corrected chi connectivity index (χ1v) is 4.92. The van der Waals surface area contributed by atoms with Gasteiger partial charge < -0.3 is 9.52 Å². The topological polar surface area (TPSA) is 63.6 Å². The molecule has 1 N–H and O–H groups in total. The quantitative estimate of drug-likeness (QED) is 0.703. The third-order valence-electron chi connectivity index (χ3n) is 2.21.